The Labute approximate surface area is 85.9 Å². The van der Waals surface area contributed by atoms with Crippen LogP contribution >= 0.6 is 0 Å². The Hall–Kier alpha value is -1.01. The number of rotatable bonds is 2. The van der Waals surface area contributed by atoms with E-state index in [0.29, 0.717) is 12.5 Å². The lowest BCUT2D eigenvalue weighted by molar-refractivity contribution is -0.133. The lowest BCUT2D eigenvalue weighted by atomic mass is 9.92. The minimum atomic E-state index is -0.0397. The predicted molar refractivity (Wildman–Crippen MR) is 56.7 cm³/mol. The Bertz CT molecular complexity index is 244. The molecule has 0 radical (unpaired) electrons. The molecule has 1 heterocycles. The molecule has 1 rings (SSSR count). The molecule has 0 saturated carbocycles. The lowest BCUT2D eigenvalue weighted by Crippen LogP contribution is -2.51. The highest BCUT2D eigenvalue weighted by Crippen LogP contribution is 2.16. The van der Waals surface area contributed by atoms with E-state index in [9.17, 15) is 4.79 Å². The number of nitrogens with one attached hydrogen (secondary N) is 1. The van der Waals surface area contributed by atoms with Gasteiger partial charge in [0.1, 0.15) is 0 Å². The van der Waals surface area contributed by atoms with Crippen molar-refractivity contribution in [3.8, 4) is 12.3 Å². The molecule has 2 atom stereocenters. The number of amides is 1. The molecule has 1 aliphatic rings. The molecule has 3 nitrogen and oxygen atoms in total. The third kappa shape index (κ3) is 2.49. The van der Waals surface area contributed by atoms with Crippen molar-refractivity contribution < 1.29 is 4.79 Å². The Morgan fingerprint density at radius 2 is 2.43 bits per heavy atom. The first-order valence-electron chi connectivity index (χ1n) is 5.08. The molecule has 0 aromatic rings. The molecular weight excluding hydrogens is 176 g/mol. The van der Waals surface area contributed by atoms with E-state index in [1.165, 1.54) is 0 Å². The van der Waals surface area contributed by atoms with Crippen LogP contribution in [0.15, 0.2) is 0 Å². The minimum Gasteiger partial charge on any atom is -0.333 e. The highest BCUT2D eigenvalue weighted by molar-refractivity contribution is 5.82. The summed E-state index contributed by atoms with van der Waals surface area (Å²) in [6, 6.07) is -0.0397. The zero-order chi connectivity index (χ0) is 10.6. The molecule has 1 aliphatic heterocycles. The van der Waals surface area contributed by atoms with Crippen LogP contribution in [0.4, 0.5) is 0 Å². The number of piperidine rings is 1. The van der Waals surface area contributed by atoms with Crippen LogP contribution in [0.3, 0.4) is 0 Å². The van der Waals surface area contributed by atoms with E-state index >= 15 is 0 Å². The summed E-state index contributed by atoms with van der Waals surface area (Å²) in [5.41, 5.74) is 0. The fraction of sp³-hybridized carbons (Fsp3) is 0.727. The molecule has 0 aromatic heterocycles. The number of terminal acetylenes is 1. The monoisotopic (exact) mass is 194 g/mol. The van der Waals surface area contributed by atoms with E-state index in [0.717, 1.165) is 19.4 Å². The second-order valence-electron chi connectivity index (χ2n) is 3.95. The summed E-state index contributed by atoms with van der Waals surface area (Å²) in [6.45, 7) is 3.44. The number of hydrogen-bond donors (Lipinski definition) is 1. The lowest BCUT2D eigenvalue weighted by Gasteiger charge is -2.31. The van der Waals surface area contributed by atoms with Gasteiger partial charge in [-0.1, -0.05) is 12.8 Å². The zero-order valence-electron chi connectivity index (χ0n) is 8.92. The van der Waals surface area contributed by atoms with Crippen LogP contribution in [0, 0.1) is 18.3 Å². The van der Waals surface area contributed by atoms with Gasteiger partial charge in [-0.05, 0) is 25.3 Å². The maximum Gasteiger partial charge on any atom is 0.240 e. The molecule has 1 fully saturated rings. The summed E-state index contributed by atoms with van der Waals surface area (Å²) in [5, 5.41) is 3.25. The minimum absolute atomic E-state index is 0.0397. The quantitative estimate of drug-likeness (QED) is 0.648. The average molecular weight is 194 g/mol. The highest BCUT2D eigenvalue weighted by atomic mass is 16.2. The van der Waals surface area contributed by atoms with Gasteiger partial charge in [-0.2, -0.15) is 0 Å². The Balaban J connectivity index is 2.54. The molecule has 2 unspecified atom stereocenters. The second-order valence-corrected chi connectivity index (χ2v) is 3.95. The van der Waals surface area contributed by atoms with Gasteiger partial charge in [-0.25, -0.2) is 0 Å². The van der Waals surface area contributed by atoms with Crippen LogP contribution in [-0.4, -0.2) is 37.0 Å². The molecule has 0 spiro atoms. The molecule has 3 heteroatoms. The summed E-state index contributed by atoms with van der Waals surface area (Å²) >= 11 is 0. The van der Waals surface area contributed by atoms with Gasteiger partial charge in [0.05, 0.1) is 12.6 Å². The first kappa shape index (κ1) is 11.1. The summed E-state index contributed by atoms with van der Waals surface area (Å²) in [6.07, 6.45) is 7.44. The van der Waals surface area contributed by atoms with Gasteiger partial charge in [-0.15, -0.1) is 6.42 Å². The third-order valence-corrected chi connectivity index (χ3v) is 2.74. The number of likely N-dealkylation sites (N-methyl/N-ethyl adjacent to an activating group) is 1. The van der Waals surface area contributed by atoms with Gasteiger partial charge in [-0.3, -0.25) is 4.79 Å². The predicted octanol–water partition coefficient (Wildman–Crippen LogP) is 0.466. The molecule has 0 bridgehead atoms. The molecule has 78 valence electrons. The Morgan fingerprint density at radius 3 is 3.00 bits per heavy atom. The maximum absolute atomic E-state index is 11.9. The Kier molecular flexibility index (Phi) is 3.97. The van der Waals surface area contributed by atoms with E-state index in [4.69, 9.17) is 6.42 Å². The van der Waals surface area contributed by atoms with Gasteiger partial charge in [0.2, 0.25) is 5.91 Å². The van der Waals surface area contributed by atoms with Crippen LogP contribution in [0.2, 0.25) is 0 Å². The molecule has 1 saturated heterocycles. The topological polar surface area (TPSA) is 32.3 Å². The maximum atomic E-state index is 11.9. The van der Waals surface area contributed by atoms with Crippen molar-refractivity contribution in [2.75, 3.05) is 20.1 Å². The van der Waals surface area contributed by atoms with E-state index in [1.807, 2.05) is 0 Å². The number of carbonyl (C=O) groups excluding carboxylic acids is 1. The van der Waals surface area contributed by atoms with Gasteiger partial charge >= 0.3 is 0 Å². The van der Waals surface area contributed by atoms with Crippen LogP contribution in [-0.2, 0) is 4.79 Å². The van der Waals surface area contributed by atoms with Crippen molar-refractivity contribution in [3.05, 3.63) is 0 Å². The van der Waals surface area contributed by atoms with E-state index < -0.39 is 0 Å². The molecular formula is C11H18N2O. The van der Waals surface area contributed by atoms with Crippen molar-refractivity contribution in [2.45, 2.75) is 25.8 Å². The third-order valence-electron chi connectivity index (χ3n) is 2.74. The standard InChI is InChI=1S/C11H18N2O/c1-4-8-13(3)11(14)10-9(2)6-5-7-12-10/h1,9-10,12H,5-8H2,2-3H3. The van der Waals surface area contributed by atoms with E-state index in [-0.39, 0.29) is 11.9 Å². The summed E-state index contributed by atoms with van der Waals surface area (Å²) < 4.78 is 0. The van der Waals surface area contributed by atoms with Gasteiger partial charge < -0.3 is 10.2 Å². The first-order valence-corrected chi connectivity index (χ1v) is 5.08. The summed E-state index contributed by atoms with van der Waals surface area (Å²) in [5.74, 6) is 3.01. The van der Waals surface area contributed by atoms with Crippen molar-refractivity contribution in [3.63, 3.8) is 0 Å². The van der Waals surface area contributed by atoms with Gasteiger partial charge in [0, 0.05) is 7.05 Å². The Morgan fingerprint density at radius 1 is 1.71 bits per heavy atom. The first-order chi connectivity index (χ1) is 6.66. The van der Waals surface area contributed by atoms with Crippen molar-refractivity contribution in [1.82, 2.24) is 10.2 Å². The largest absolute Gasteiger partial charge is 0.333 e. The molecule has 0 aromatic carbocycles. The van der Waals surface area contributed by atoms with Crippen molar-refractivity contribution in [1.29, 1.82) is 0 Å². The van der Waals surface area contributed by atoms with Crippen LogP contribution in [0.1, 0.15) is 19.8 Å². The second kappa shape index (κ2) is 5.02. The molecule has 14 heavy (non-hydrogen) atoms. The average Bonchev–Trinajstić information content (AvgIpc) is 2.18. The molecule has 0 aliphatic carbocycles. The highest BCUT2D eigenvalue weighted by Gasteiger charge is 2.28. The zero-order valence-corrected chi connectivity index (χ0v) is 8.92. The van der Waals surface area contributed by atoms with Gasteiger partial charge in [0.15, 0.2) is 0 Å². The fourth-order valence-electron chi connectivity index (χ4n) is 1.83. The number of nitrogens with zero attached hydrogens (tertiary/aromatic N) is 1. The van der Waals surface area contributed by atoms with Gasteiger partial charge in [0.25, 0.3) is 0 Å². The SMILES string of the molecule is C#CCN(C)C(=O)C1NCCCC1C. The number of hydrogen-bond acceptors (Lipinski definition) is 2. The van der Waals surface area contributed by atoms with Crippen LogP contribution in [0.5, 0.6) is 0 Å². The summed E-state index contributed by atoms with van der Waals surface area (Å²) in [7, 11) is 1.76. The smallest absolute Gasteiger partial charge is 0.240 e. The van der Waals surface area contributed by atoms with Crippen molar-refractivity contribution >= 4 is 5.91 Å². The van der Waals surface area contributed by atoms with E-state index in [1.54, 1.807) is 11.9 Å². The number of carbonyl (C=O) groups is 1. The fourth-order valence-corrected chi connectivity index (χ4v) is 1.83. The normalized spacial score (nSPS) is 26.6. The summed E-state index contributed by atoms with van der Waals surface area (Å²) in [4.78, 5) is 13.5. The van der Waals surface area contributed by atoms with Crippen LogP contribution < -0.4 is 5.32 Å². The molecule has 1 N–H and O–H groups in total. The van der Waals surface area contributed by atoms with Crippen molar-refractivity contribution in [2.24, 2.45) is 5.92 Å². The van der Waals surface area contributed by atoms with Crippen LogP contribution in [0.25, 0.3) is 0 Å². The van der Waals surface area contributed by atoms with E-state index in [2.05, 4.69) is 18.2 Å². The molecule has 1 amide bonds.